The van der Waals surface area contributed by atoms with E-state index in [9.17, 15) is 23.2 Å². The van der Waals surface area contributed by atoms with E-state index in [1.165, 1.54) is 31.2 Å². The van der Waals surface area contributed by atoms with Crippen LogP contribution in [0.4, 0.5) is 8.78 Å². The van der Waals surface area contributed by atoms with Gasteiger partial charge in [-0.1, -0.05) is 25.1 Å². The van der Waals surface area contributed by atoms with Crippen molar-refractivity contribution in [1.82, 2.24) is 5.32 Å². The van der Waals surface area contributed by atoms with E-state index in [2.05, 4.69) is 5.32 Å². The molecule has 0 atom stereocenters. The van der Waals surface area contributed by atoms with Gasteiger partial charge in [0.1, 0.15) is 17.4 Å². The summed E-state index contributed by atoms with van der Waals surface area (Å²) in [5.74, 6) is -3.02. The van der Waals surface area contributed by atoms with Gasteiger partial charge in [-0.05, 0) is 42.7 Å². The minimum atomic E-state index is -0.785. The minimum Gasteiger partial charge on any atom is -0.465 e. The van der Waals surface area contributed by atoms with Crippen LogP contribution in [0.3, 0.4) is 0 Å². The number of esters is 2. The molecule has 1 amide bonds. The van der Waals surface area contributed by atoms with E-state index in [-0.39, 0.29) is 42.4 Å². The number of carbonyl (C=O) groups excluding carboxylic acids is 3. The molecule has 170 valence electrons. The fraction of sp³-hybridized carbons (Fsp3) is 0.292. The molecular weight excluding hydrogens is 420 g/mol. The Labute approximate surface area is 185 Å². The molecule has 1 N–H and O–H groups in total. The van der Waals surface area contributed by atoms with Crippen LogP contribution in [0, 0.1) is 11.6 Å². The molecule has 0 unspecified atom stereocenters. The third kappa shape index (κ3) is 7.61. The van der Waals surface area contributed by atoms with Crippen molar-refractivity contribution in [3.05, 3.63) is 65.7 Å². The smallest absolute Gasteiger partial charge is 0.309 e. The van der Waals surface area contributed by atoms with Crippen LogP contribution in [0.25, 0.3) is 11.1 Å². The standard InChI is InChI=1S/C24H25F2NO5/c1-3-4-5-7-23(29)31-13-6-12-27-24(30)20-14-17(8-11-22(20)32-16(2)28)19-10-9-18(25)15-21(19)26/h4-5,8-11,14-15H,3,6-7,12-13H2,1-2H3,(H,27,30)/b5-4-. The van der Waals surface area contributed by atoms with E-state index < -0.39 is 23.5 Å². The summed E-state index contributed by atoms with van der Waals surface area (Å²) in [7, 11) is 0. The number of ether oxygens (including phenoxy) is 2. The molecule has 0 spiro atoms. The van der Waals surface area contributed by atoms with Crippen LogP contribution < -0.4 is 10.1 Å². The number of rotatable bonds is 10. The van der Waals surface area contributed by atoms with Crippen LogP contribution in [0.2, 0.25) is 0 Å². The molecule has 0 aromatic heterocycles. The number of carbonyl (C=O) groups is 3. The van der Waals surface area contributed by atoms with Crippen molar-refractivity contribution in [2.24, 2.45) is 0 Å². The largest absolute Gasteiger partial charge is 0.465 e. The van der Waals surface area contributed by atoms with Crippen molar-refractivity contribution in [1.29, 1.82) is 0 Å². The zero-order chi connectivity index (χ0) is 23.5. The summed E-state index contributed by atoms with van der Waals surface area (Å²) in [6.07, 6.45) is 5.01. The monoisotopic (exact) mass is 445 g/mol. The minimum absolute atomic E-state index is 0.00964. The van der Waals surface area contributed by atoms with Gasteiger partial charge in [-0.25, -0.2) is 8.78 Å². The van der Waals surface area contributed by atoms with Gasteiger partial charge in [0.2, 0.25) is 0 Å². The molecule has 0 saturated carbocycles. The maximum atomic E-state index is 14.2. The third-order valence-electron chi connectivity index (χ3n) is 4.28. The maximum absolute atomic E-state index is 14.2. The summed E-state index contributed by atoms with van der Waals surface area (Å²) in [5, 5.41) is 2.65. The molecular formula is C24H25F2NO5. The fourth-order valence-electron chi connectivity index (χ4n) is 2.80. The van der Waals surface area contributed by atoms with Crippen LogP contribution in [0.5, 0.6) is 5.75 Å². The Kier molecular flexibility index (Phi) is 9.53. The Morgan fingerprint density at radius 3 is 2.53 bits per heavy atom. The Morgan fingerprint density at radius 1 is 1.06 bits per heavy atom. The van der Waals surface area contributed by atoms with Crippen molar-refractivity contribution in [2.75, 3.05) is 13.2 Å². The van der Waals surface area contributed by atoms with Crippen LogP contribution in [-0.2, 0) is 14.3 Å². The number of amides is 1. The molecule has 0 aliphatic carbocycles. The fourth-order valence-corrected chi connectivity index (χ4v) is 2.80. The number of hydrogen-bond acceptors (Lipinski definition) is 5. The van der Waals surface area contributed by atoms with Crippen LogP contribution >= 0.6 is 0 Å². The molecule has 0 heterocycles. The predicted octanol–water partition coefficient (Wildman–Crippen LogP) is 4.58. The van der Waals surface area contributed by atoms with Gasteiger partial charge in [-0.3, -0.25) is 14.4 Å². The highest BCUT2D eigenvalue weighted by Crippen LogP contribution is 2.29. The summed E-state index contributed by atoms with van der Waals surface area (Å²) < 4.78 is 37.5. The second-order valence-electron chi connectivity index (χ2n) is 6.84. The molecule has 0 aliphatic rings. The first-order valence-corrected chi connectivity index (χ1v) is 10.2. The van der Waals surface area contributed by atoms with Gasteiger partial charge in [0, 0.05) is 25.1 Å². The average Bonchev–Trinajstić information content (AvgIpc) is 2.73. The molecule has 2 aromatic rings. The number of nitrogens with one attached hydrogen (secondary N) is 1. The third-order valence-corrected chi connectivity index (χ3v) is 4.28. The molecule has 8 heteroatoms. The first-order valence-electron chi connectivity index (χ1n) is 10.2. The second-order valence-corrected chi connectivity index (χ2v) is 6.84. The zero-order valence-electron chi connectivity index (χ0n) is 18.0. The van der Waals surface area contributed by atoms with E-state index in [0.717, 1.165) is 18.6 Å². The van der Waals surface area contributed by atoms with Gasteiger partial charge >= 0.3 is 11.9 Å². The highest BCUT2D eigenvalue weighted by Gasteiger charge is 2.17. The Morgan fingerprint density at radius 2 is 1.84 bits per heavy atom. The molecule has 0 saturated heterocycles. The number of halogens is 2. The van der Waals surface area contributed by atoms with Crippen molar-refractivity contribution in [2.45, 2.75) is 33.1 Å². The van der Waals surface area contributed by atoms with Gasteiger partial charge in [-0.15, -0.1) is 0 Å². The number of hydrogen-bond donors (Lipinski definition) is 1. The molecule has 0 radical (unpaired) electrons. The normalized spacial score (nSPS) is 10.8. The molecule has 2 rings (SSSR count). The molecule has 32 heavy (non-hydrogen) atoms. The van der Waals surface area contributed by atoms with Gasteiger partial charge in [0.15, 0.2) is 0 Å². The Hall–Kier alpha value is -3.55. The van der Waals surface area contributed by atoms with Crippen molar-refractivity contribution < 1.29 is 32.6 Å². The zero-order valence-corrected chi connectivity index (χ0v) is 18.0. The van der Waals surface area contributed by atoms with E-state index in [0.29, 0.717) is 12.0 Å². The first-order chi connectivity index (χ1) is 15.3. The molecule has 6 nitrogen and oxygen atoms in total. The molecule has 2 aromatic carbocycles. The SMILES string of the molecule is CC/C=C\CC(=O)OCCCNC(=O)c1cc(-c2ccc(F)cc2F)ccc1OC(C)=O. The summed E-state index contributed by atoms with van der Waals surface area (Å²) in [5.41, 5.74) is 0.430. The topological polar surface area (TPSA) is 81.7 Å². The maximum Gasteiger partial charge on any atom is 0.309 e. The van der Waals surface area contributed by atoms with E-state index >= 15 is 0 Å². The summed E-state index contributed by atoms with van der Waals surface area (Å²) >= 11 is 0. The van der Waals surface area contributed by atoms with Crippen LogP contribution in [-0.4, -0.2) is 31.0 Å². The number of benzene rings is 2. The lowest BCUT2D eigenvalue weighted by atomic mass is 10.0. The van der Waals surface area contributed by atoms with E-state index in [1.807, 2.05) is 13.0 Å². The highest BCUT2D eigenvalue weighted by atomic mass is 19.1. The Bertz CT molecular complexity index is 1000. The summed E-state index contributed by atoms with van der Waals surface area (Å²) in [4.78, 5) is 35.6. The lowest BCUT2D eigenvalue weighted by Crippen LogP contribution is -2.26. The molecule has 0 bridgehead atoms. The summed E-state index contributed by atoms with van der Waals surface area (Å²) in [6.45, 7) is 3.49. The van der Waals surface area contributed by atoms with Crippen molar-refractivity contribution in [3.63, 3.8) is 0 Å². The van der Waals surface area contributed by atoms with Crippen LogP contribution in [0.15, 0.2) is 48.6 Å². The Balaban J connectivity index is 2.05. The van der Waals surface area contributed by atoms with E-state index in [1.54, 1.807) is 6.08 Å². The number of allylic oxidation sites excluding steroid dienone is 1. The van der Waals surface area contributed by atoms with Crippen molar-refractivity contribution in [3.8, 4) is 16.9 Å². The molecule has 0 fully saturated rings. The van der Waals surface area contributed by atoms with Crippen molar-refractivity contribution >= 4 is 17.8 Å². The first kappa shape index (κ1) is 24.7. The van der Waals surface area contributed by atoms with Gasteiger partial charge in [0.05, 0.1) is 18.6 Å². The summed E-state index contributed by atoms with van der Waals surface area (Å²) in [6, 6.07) is 7.32. The average molecular weight is 445 g/mol. The lowest BCUT2D eigenvalue weighted by molar-refractivity contribution is -0.142. The van der Waals surface area contributed by atoms with Gasteiger partial charge in [-0.2, -0.15) is 0 Å². The lowest BCUT2D eigenvalue weighted by Gasteiger charge is -2.12. The quantitative estimate of drug-likeness (QED) is 0.251. The highest BCUT2D eigenvalue weighted by molar-refractivity contribution is 5.99. The predicted molar refractivity (Wildman–Crippen MR) is 115 cm³/mol. The van der Waals surface area contributed by atoms with E-state index in [4.69, 9.17) is 9.47 Å². The van der Waals surface area contributed by atoms with Crippen LogP contribution in [0.1, 0.15) is 43.5 Å². The van der Waals surface area contributed by atoms with Gasteiger partial charge < -0.3 is 14.8 Å². The second kappa shape index (κ2) is 12.3. The molecule has 0 aliphatic heterocycles. The van der Waals surface area contributed by atoms with Gasteiger partial charge in [0.25, 0.3) is 5.91 Å².